The van der Waals surface area contributed by atoms with Crippen molar-refractivity contribution in [1.82, 2.24) is 14.7 Å². The third kappa shape index (κ3) is 2.74. The van der Waals surface area contributed by atoms with Crippen molar-refractivity contribution >= 4 is 11.6 Å². The molecule has 1 aliphatic rings. The Labute approximate surface area is 114 Å². The lowest BCUT2D eigenvalue weighted by atomic mass is 10.2. The van der Waals surface area contributed by atoms with E-state index in [-0.39, 0.29) is 11.9 Å². The molecule has 5 heteroatoms. The summed E-state index contributed by atoms with van der Waals surface area (Å²) in [6.45, 7) is 9.42. The number of amides is 1. The van der Waals surface area contributed by atoms with Gasteiger partial charge < -0.3 is 10.6 Å². The fourth-order valence-corrected chi connectivity index (χ4v) is 2.29. The summed E-state index contributed by atoms with van der Waals surface area (Å²) in [4.78, 5) is 14.7. The SMILES string of the molecule is CCn1nc(C)c(N)c1C(=O)N(CC1CC1)C(C)C. The molecule has 1 aromatic rings. The second-order valence-corrected chi connectivity index (χ2v) is 5.66. The summed E-state index contributed by atoms with van der Waals surface area (Å²) in [5, 5.41) is 4.33. The van der Waals surface area contributed by atoms with E-state index in [2.05, 4.69) is 18.9 Å². The van der Waals surface area contributed by atoms with Gasteiger partial charge in [-0.1, -0.05) is 0 Å². The Balaban J connectivity index is 2.29. The lowest BCUT2D eigenvalue weighted by Crippen LogP contribution is -2.39. The fourth-order valence-electron chi connectivity index (χ4n) is 2.29. The van der Waals surface area contributed by atoms with E-state index in [0.29, 0.717) is 23.8 Å². The summed E-state index contributed by atoms with van der Waals surface area (Å²) in [6.07, 6.45) is 2.47. The molecular weight excluding hydrogens is 240 g/mol. The number of nitrogens with zero attached hydrogens (tertiary/aromatic N) is 3. The normalized spacial score (nSPS) is 15.0. The molecule has 1 heterocycles. The van der Waals surface area contributed by atoms with Crippen molar-refractivity contribution in [3.63, 3.8) is 0 Å². The van der Waals surface area contributed by atoms with Crippen LogP contribution < -0.4 is 5.73 Å². The molecule has 0 aromatic carbocycles. The molecule has 2 N–H and O–H groups in total. The van der Waals surface area contributed by atoms with Crippen LogP contribution in [0.25, 0.3) is 0 Å². The lowest BCUT2D eigenvalue weighted by molar-refractivity contribution is 0.0684. The van der Waals surface area contributed by atoms with Gasteiger partial charge in [0.15, 0.2) is 0 Å². The number of hydrogen-bond acceptors (Lipinski definition) is 3. The first kappa shape index (κ1) is 13.9. The first-order valence-electron chi connectivity index (χ1n) is 7.09. The molecule has 0 atom stereocenters. The minimum atomic E-state index is 0.0156. The van der Waals surface area contributed by atoms with Crippen LogP contribution in [0.4, 0.5) is 5.69 Å². The second-order valence-electron chi connectivity index (χ2n) is 5.66. The number of nitrogens with two attached hydrogens (primary N) is 1. The highest BCUT2D eigenvalue weighted by Gasteiger charge is 2.31. The molecule has 1 aromatic heterocycles. The van der Waals surface area contributed by atoms with E-state index in [1.807, 2.05) is 18.7 Å². The Morgan fingerprint density at radius 2 is 2.16 bits per heavy atom. The average molecular weight is 264 g/mol. The highest BCUT2D eigenvalue weighted by atomic mass is 16.2. The van der Waals surface area contributed by atoms with Crippen LogP contribution in [-0.2, 0) is 6.54 Å². The summed E-state index contributed by atoms with van der Waals surface area (Å²) < 4.78 is 1.72. The van der Waals surface area contributed by atoms with E-state index in [1.165, 1.54) is 12.8 Å². The summed E-state index contributed by atoms with van der Waals surface area (Å²) in [5.41, 5.74) is 7.84. The molecule has 1 fully saturated rings. The first-order valence-corrected chi connectivity index (χ1v) is 7.09. The summed E-state index contributed by atoms with van der Waals surface area (Å²) >= 11 is 0. The number of nitrogen functional groups attached to an aromatic ring is 1. The maximum atomic E-state index is 12.7. The number of anilines is 1. The highest BCUT2D eigenvalue weighted by Crippen LogP contribution is 2.31. The van der Waals surface area contributed by atoms with Gasteiger partial charge in [0.25, 0.3) is 5.91 Å². The van der Waals surface area contributed by atoms with Crippen molar-refractivity contribution < 1.29 is 4.79 Å². The van der Waals surface area contributed by atoms with Crippen LogP contribution in [0.15, 0.2) is 0 Å². The van der Waals surface area contributed by atoms with Gasteiger partial charge in [-0.15, -0.1) is 0 Å². The number of carbonyl (C=O) groups is 1. The molecule has 5 nitrogen and oxygen atoms in total. The van der Waals surface area contributed by atoms with Gasteiger partial charge in [-0.25, -0.2) is 0 Å². The molecule has 0 bridgehead atoms. The van der Waals surface area contributed by atoms with Gasteiger partial charge in [-0.3, -0.25) is 9.48 Å². The van der Waals surface area contributed by atoms with E-state index in [0.717, 1.165) is 12.2 Å². The topological polar surface area (TPSA) is 64.2 Å². The van der Waals surface area contributed by atoms with Crippen LogP contribution in [0.2, 0.25) is 0 Å². The summed E-state index contributed by atoms with van der Waals surface area (Å²) in [5.74, 6) is 0.688. The van der Waals surface area contributed by atoms with E-state index < -0.39 is 0 Å². The van der Waals surface area contributed by atoms with Crippen molar-refractivity contribution in [2.45, 2.75) is 53.1 Å². The predicted molar refractivity (Wildman–Crippen MR) is 75.9 cm³/mol. The highest BCUT2D eigenvalue weighted by molar-refractivity contribution is 5.98. The number of rotatable bonds is 5. The number of aromatic nitrogens is 2. The van der Waals surface area contributed by atoms with Gasteiger partial charge in [-0.2, -0.15) is 5.10 Å². The van der Waals surface area contributed by atoms with Gasteiger partial charge >= 0.3 is 0 Å². The number of carbonyl (C=O) groups excluding carboxylic acids is 1. The smallest absolute Gasteiger partial charge is 0.274 e. The first-order chi connectivity index (χ1) is 8.95. The molecule has 0 radical (unpaired) electrons. The van der Waals surface area contributed by atoms with Crippen molar-refractivity contribution in [3.05, 3.63) is 11.4 Å². The Morgan fingerprint density at radius 3 is 2.63 bits per heavy atom. The molecule has 2 rings (SSSR count). The summed E-state index contributed by atoms with van der Waals surface area (Å²) in [6, 6.07) is 0.188. The van der Waals surface area contributed by atoms with Crippen LogP contribution in [0, 0.1) is 12.8 Å². The van der Waals surface area contributed by atoms with Crippen molar-refractivity contribution in [1.29, 1.82) is 0 Å². The third-order valence-corrected chi connectivity index (χ3v) is 3.71. The van der Waals surface area contributed by atoms with Crippen molar-refractivity contribution in [2.24, 2.45) is 5.92 Å². The van der Waals surface area contributed by atoms with Crippen LogP contribution in [0.1, 0.15) is 49.8 Å². The molecule has 0 unspecified atom stereocenters. The Morgan fingerprint density at radius 1 is 1.53 bits per heavy atom. The Kier molecular flexibility index (Phi) is 3.83. The minimum absolute atomic E-state index is 0.0156. The van der Waals surface area contributed by atoms with E-state index in [9.17, 15) is 4.79 Å². The molecule has 0 aliphatic heterocycles. The van der Waals surface area contributed by atoms with E-state index in [1.54, 1.807) is 4.68 Å². The molecular formula is C14H24N4O. The standard InChI is InChI=1S/C14H24N4O/c1-5-18-13(12(15)10(4)16-18)14(19)17(9(2)3)8-11-6-7-11/h9,11H,5-8,15H2,1-4H3. The lowest BCUT2D eigenvalue weighted by Gasteiger charge is -2.27. The third-order valence-electron chi connectivity index (χ3n) is 3.71. The maximum absolute atomic E-state index is 12.7. The van der Waals surface area contributed by atoms with E-state index >= 15 is 0 Å². The summed E-state index contributed by atoms with van der Waals surface area (Å²) in [7, 11) is 0. The monoisotopic (exact) mass is 264 g/mol. The largest absolute Gasteiger partial charge is 0.395 e. The average Bonchev–Trinajstić information content (AvgIpc) is 3.13. The second kappa shape index (κ2) is 5.23. The molecule has 1 aliphatic carbocycles. The zero-order chi connectivity index (χ0) is 14.2. The fraction of sp³-hybridized carbons (Fsp3) is 0.714. The van der Waals surface area contributed by atoms with Gasteiger partial charge in [0, 0.05) is 19.1 Å². The maximum Gasteiger partial charge on any atom is 0.274 e. The molecule has 1 saturated carbocycles. The number of hydrogen-bond donors (Lipinski definition) is 1. The molecule has 19 heavy (non-hydrogen) atoms. The van der Waals surface area contributed by atoms with Crippen molar-refractivity contribution in [3.8, 4) is 0 Å². The zero-order valence-electron chi connectivity index (χ0n) is 12.3. The van der Waals surface area contributed by atoms with Crippen molar-refractivity contribution in [2.75, 3.05) is 12.3 Å². The van der Waals surface area contributed by atoms with Gasteiger partial charge in [0.2, 0.25) is 0 Å². The van der Waals surface area contributed by atoms with Crippen LogP contribution in [-0.4, -0.2) is 33.2 Å². The Hall–Kier alpha value is -1.52. The van der Waals surface area contributed by atoms with Crippen LogP contribution >= 0.6 is 0 Å². The quantitative estimate of drug-likeness (QED) is 0.885. The molecule has 106 valence electrons. The molecule has 0 spiro atoms. The van der Waals surface area contributed by atoms with Crippen LogP contribution in [0.5, 0.6) is 0 Å². The van der Waals surface area contributed by atoms with Gasteiger partial charge in [0.05, 0.1) is 11.4 Å². The van der Waals surface area contributed by atoms with Crippen LogP contribution in [0.3, 0.4) is 0 Å². The predicted octanol–water partition coefficient (Wildman–Crippen LogP) is 2.05. The molecule has 0 saturated heterocycles. The van der Waals surface area contributed by atoms with Gasteiger partial charge in [-0.05, 0) is 46.5 Å². The molecule has 1 amide bonds. The van der Waals surface area contributed by atoms with E-state index in [4.69, 9.17) is 5.73 Å². The number of aryl methyl sites for hydroxylation is 2. The minimum Gasteiger partial charge on any atom is -0.395 e. The zero-order valence-corrected chi connectivity index (χ0v) is 12.3. The van der Waals surface area contributed by atoms with Gasteiger partial charge in [0.1, 0.15) is 5.69 Å². The Bertz CT molecular complexity index is 474.